The van der Waals surface area contributed by atoms with Crippen molar-refractivity contribution < 1.29 is 14.3 Å². The van der Waals surface area contributed by atoms with E-state index in [2.05, 4.69) is 59.0 Å². The van der Waals surface area contributed by atoms with E-state index in [1.807, 2.05) is 43.7 Å². The second kappa shape index (κ2) is 11.7. The number of aryl methyl sites for hydroxylation is 2. The average Bonchev–Trinajstić information content (AvgIpc) is 3.53. The van der Waals surface area contributed by atoms with Gasteiger partial charge in [-0.1, -0.05) is 36.4 Å². The number of ether oxygens (including phenoxy) is 2. The molecule has 1 aliphatic rings. The summed E-state index contributed by atoms with van der Waals surface area (Å²) in [4.78, 5) is 16.4. The lowest BCUT2D eigenvalue weighted by atomic mass is 10.0. The van der Waals surface area contributed by atoms with E-state index in [0.717, 1.165) is 39.9 Å². The number of methoxy groups -OCH3 is 1. The molecular formula is C29H33N5O3. The minimum atomic E-state index is -0.365. The van der Waals surface area contributed by atoms with Crippen molar-refractivity contribution in [3.05, 3.63) is 90.5 Å². The van der Waals surface area contributed by atoms with E-state index in [4.69, 9.17) is 9.47 Å². The number of nitrogens with zero attached hydrogens (tertiary/aromatic N) is 3. The summed E-state index contributed by atoms with van der Waals surface area (Å²) in [5.74, 6) is 0.884. The number of benzene rings is 2. The maximum atomic E-state index is 11.9. The number of carbonyl (C=O) groups excluding carboxylic acids is 1. The molecule has 2 atom stereocenters. The van der Waals surface area contributed by atoms with Gasteiger partial charge in [0.1, 0.15) is 23.7 Å². The van der Waals surface area contributed by atoms with Gasteiger partial charge in [0, 0.05) is 49.7 Å². The van der Waals surface area contributed by atoms with Gasteiger partial charge in [0.2, 0.25) is 0 Å². The van der Waals surface area contributed by atoms with Gasteiger partial charge in [0.25, 0.3) is 0 Å². The maximum Gasteiger partial charge on any atom is 0.323 e. The fourth-order valence-corrected chi connectivity index (χ4v) is 4.31. The lowest BCUT2D eigenvalue weighted by Gasteiger charge is -2.16. The Kier molecular flexibility index (Phi) is 8.20. The van der Waals surface area contributed by atoms with Crippen LogP contribution in [0.5, 0.6) is 5.75 Å². The van der Waals surface area contributed by atoms with E-state index in [0.29, 0.717) is 24.5 Å². The van der Waals surface area contributed by atoms with Crippen molar-refractivity contribution in [1.82, 2.24) is 15.1 Å². The zero-order valence-corrected chi connectivity index (χ0v) is 21.5. The van der Waals surface area contributed by atoms with Crippen molar-refractivity contribution in [1.29, 1.82) is 0 Å². The van der Waals surface area contributed by atoms with Crippen LogP contribution < -0.4 is 15.4 Å². The Hall–Kier alpha value is -4.17. The number of aromatic nitrogens is 2. The zero-order valence-electron chi connectivity index (χ0n) is 21.5. The molecule has 0 saturated carbocycles. The molecule has 1 fully saturated rings. The number of esters is 1. The molecule has 0 radical (unpaired) electrons. The zero-order chi connectivity index (χ0) is 26.4. The van der Waals surface area contributed by atoms with Crippen molar-refractivity contribution in [3.8, 4) is 16.9 Å². The predicted molar refractivity (Wildman–Crippen MR) is 147 cm³/mol. The summed E-state index contributed by atoms with van der Waals surface area (Å²) in [6.07, 6.45) is 8.59. The number of hydrogen-bond acceptors (Lipinski definition) is 7. The average molecular weight is 500 g/mol. The van der Waals surface area contributed by atoms with Crippen molar-refractivity contribution in [2.75, 3.05) is 19.0 Å². The van der Waals surface area contributed by atoms with E-state index >= 15 is 0 Å². The molecule has 2 N–H and O–H groups in total. The smallest absolute Gasteiger partial charge is 0.323 e. The highest BCUT2D eigenvalue weighted by molar-refractivity contribution is 5.83. The van der Waals surface area contributed by atoms with E-state index in [1.165, 1.54) is 7.11 Å². The molecule has 2 heterocycles. The Bertz CT molecular complexity index is 1330. The van der Waals surface area contributed by atoms with Crippen molar-refractivity contribution in [3.63, 3.8) is 0 Å². The Labute approximate surface area is 217 Å². The van der Waals surface area contributed by atoms with Crippen LogP contribution in [0.1, 0.15) is 23.1 Å². The fourth-order valence-electron chi connectivity index (χ4n) is 4.31. The summed E-state index contributed by atoms with van der Waals surface area (Å²) in [5.41, 5.74) is 6.02. The van der Waals surface area contributed by atoms with Gasteiger partial charge in [-0.2, -0.15) is 5.10 Å². The molecule has 8 nitrogen and oxygen atoms in total. The van der Waals surface area contributed by atoms with Gasteiger partial charge in [0.15, 0.2) is 0 Å². The molecule has 1 aliphatic heterocycles. The summed E-state index contributed by atoms with van der Waals surface area (Å²) in [6.45, 7) is 10.6. The van der Waals surface area contributed by atoms with Crippen molar-refractivity contribution >= 4 is 17.9 Å². The number of carbonyl (C=O) groups is 1. The number of anilines is 1. The number of hydrogen-bond donors (Lipinski definition) is 2. The SMILES string of the molecule is C=CCc1ccc(C)cc1/C=N\C(=C)Nc1cc(O[C@@H]2CN[C@H](C(=O)OC)C2)cc(-c2cnn(C)c2)c1. The van der Waals surface area contributed by atoms with Crippen LogP contribution in [0.25, 0.3) is 11.1 Å². The molecule has 0 amide bonds. The first-order chi connectivity index (χ1) is 17.8. The number of rotatable bonds is 10. The Morgan fingerprint density at radius 1 is 1.30 bits per heavy atom. The summed E-state index contributed by atoms with van der Waals surface area (Å²) in [7, 11) is 3.27. The van der Waals surface area contributed by atoms with E-state index < -0.39 is 0 Å². The normalized spacial score (nSPS) is 17.1. The highest BCUT2D eigenvalue weighted by Crippen LogP contribution is 2.30. The van der Waals surface area contributed by atoms with Crippen LogP contribution >= 0.6 is 0 Å². The molecule has 37 heavy (non-hydrogen) atoms. The van der Waals surface area contributed by atoms with Gasteiger partial charge in [-0.05, 0) is 42.2 Å². The molecule has 0 aliphatic carbocycles. The van der Waals surface area contributed by atoms with Gasteiger partial charge in [0.05, 0.1) is 13.3 Å². The molecule has 3 aromatic rings. The van der Waals surface area contributed by atoms with E-state index in [1.54, 1.807) is 10.9 Å². The second-order valence-electron chi connectivity index (χ2n) is 9.13. The lowest BCUT2D eigenvalue weighted by Crippen LogP contribution is -2.31. The third-order valence-corrected chi connectivity index (χ3v) is 6.14. The Balaban J connectivity index is 1.54. The van der Waals surface area contributed by atoms with Crippen LogP contribution in [0.15, 0.2) is 78.8 Å². The van der Waals surface area contributed by atoms with Gasteiger partial charge in [-0.3, -0.25) is 9.48 Å². The van der Waals surface area contributed by atoms with E-state index in [-0.39, 0.29) is 18.1 Å². The first-order valence-electron chi connectivity index (χ1n) is 12.2. The lowest BCUT2D eigenvalue weighted by molar-refractivity contribution is -0.142. The fraction of sp³-hybridized carbons (Fsp3) is 0.276. The van der Waals surface area contributed by atoms with Gasteiger partial charge in [-0.25, -0.2) is 4.99 Å². The standard InChI is InChI=1S/C29H33N5O3/c1-6-7-21-9-8-19(2)10-23(21)15-30-20(3)33-25-11-22(24-16-32-34(4)18-24)12-26(13-25)37-27-14-28(31-17-27)29(35)36-5/h6,8-13,15-16,18,27-28,31,33H,1,3,7,14,17H2,2,4-5H3/b30-15-/t27-,28-/m0/s1. The summed E-state index contributed by atoms with van der Waals surface area (Å²) in [6, 6.07) is 11.8. The van der Waals surface area contributed by atoms with Crippen molar-refractivity contribution in [2.24, 2.45) is 12.0 Å². The largest absolute Gasteiger partial charge is 0.489 e. The van der Waals surface area contributed by atoms with Crippen LogP contribution in [-0.4, -0.2) is 47.8 Å². The molecule has 1 aromatic heterocycles. The second-order valence-corrected chi connectivity index (χ2v) is 9.13. The summed E-state index contributed by atoms with van der Waals surface area (Å²) >= 11 is 0. The van der Waals surface area contributed by atoms with Crippen LogP contribution in [0, 0.1) is 6.92 Å². The highest BCUT2D eigenvalue weighted by atomic mass is 16.5. The predicted octanol–water partition coefficient (Wildman–Crippen LogP) is 4.41. The molecule has 0 unspecified atom stereocenters. The molecule has 2 aromatic carbocycles. The van der Waals surface area contributed by atoms with Gasteiger partial charge < -0.3 is 20.1 Å². The molecule has 1 saturated heterocycles. The Morgan fingerprint density at radius 2 is 2.14 bits per heavy atom. The number of allylic oxidation sites excluding steroid dienone is 1. The molecule has 0 spiro atoms. The minimum Gasteiger partial charge on any atom is -0.489 e. The third-order valence-electron chi connectivity index (χ3n) is 6.14. The van der Waals surface area contributed by atoms with Crippen LogP contribution in [0.4, 0.5) is 5.69 Å². The first kappa shape index (κ1) is 25.9. The van der Waals surface area contributed by atoms with Crippen LogP contribution in [-0.2, 0) is 23.0 Å². The molecule has 4 rings (SSSR count). The van der Waals surface area contributed by atoms with Gasteiger partial charge >= 0.3 is 5.97 Å². The minimum absolute atomic E-state index is 0.160. The topological polar surface area (TPSA) is 89.8 Å². The Morgan fingerprint density at radius 3 is 2.86 bits per heavy atom. The highest BCUT2D eigenvalue weighted by Gasteiger charge is 2.31. The molecule has 0 bridgehead atoms. The first-order valence-corrected chi connectivity index (χ1v) is 12.2. The number of aliphatic imine (C=N–C) groups is 1. The monoisotopic (exact) mass is 499 g/mol. The van der Waals surface area contributed by atoms with Gasteiger partial charge in [-0.15, -0.1) is 6.58 Å². The summed E-state index contributed by atoms with van der Waals surface area (Å²) in [5, 5.41) is 10.7. The third kappa shape index (κ3) is 6.74. The number of nitrogens with one attached hydrogen (secondary N) is 2. The molecule has 8 heteroatoms. The van der Waals surface area contributed by atoms with Crippen LogP contribution in [0.2, 0.25) is 0 Å². The van der Waals surface area contributed by atoms with E-state index in [9.17, 15) is 4.79 Å². The maximum absolute atomic E-state index is 11.9. The van der Waals surface area contributed by atoms with Crippen molar-refractivity contribution in [2.45, 2.75) is 31.9 Å². The molecule has 192 valence electrons. The quantitative estimate of drug-likeness (QED) is 0.244. The summed E-state index contributed by atoms with van der Waals surface area (Å²) < 4.78 is 12.9. The molecular weight excluding hydrogens is 466 g/mol. The van der Waals surface area contributed by atoms with Crippen LogP contribution in [0.3, 0.4) is 0 Å².